The molecule has 0 spiro atoms. The average molecular weight is 238 g/mol. The number of carbonyl (C=O) groups is 1. The van der Waals surface area contributed by atoms with Crippen LogP contribution in [0.2, 0.25) is 0 Å². The molecule has 2 aliphatic rings. The van der Waals surface area contributed by atoms with E-state index in [0.29, 0.717) is 5.69 Å². The lowest BCUT2D eigenvalue weighted by molar-refractivity contribution is -0.119. The largest absolute Gasteiger partial charge is 0.380 e. The summed E-state index contributed by atoms with van der Waals surface area (Å²) in [6.07, 6.45) is 2.61. The number of carbonyl (C=O) groups excluding carboxylic acids is 1. The van der Waals surface area contributed by atoms with Crippen molar-refractivity contribution in [1.82, 2.24) is 0 Å². The first kappa shape index (κ1) is 10.5. The molecule has 2 atom stereocenters. The van der Waals surface area contributed by atoms with E-state index in [9.17, 15) is 13.6 Å². The second kappa shape index (κ2) is 3.68. The van der Waals surface area contributed by atoms with Crippen LogP contribution in [0.1, 0.15) is 19.3 Å². The van der Waals surface area contributed by atoms with Crippen molar-refractivity contribution in [3.8, 4) is 0 Å². The molecule has 1 aliphatic heterocycles. The molecule has 3 rings (SSSR count). The van der Waals surface area contributed by atoms with Crippen molar-refractivity contribution in [1.29, 1.82) is 0 Å². The molecule has 1 aromatic carbocycles. The summed E-state index contributed by atoms with van der Waals surface area (Å²) in [6, 6.07) is 1.99. The third-order valence-corrected chi connectivity index (χ3v) is 3.50. The molecule has 0 saturated heterocycles. The first-order valence-corrected chi connectivity index (χ1v) is 5.71. The van der Waals surface area contributed by atoms with Crippen LogP contribution >= 0.6 is 0 Å². The molecule has 0 aromatic heterocycles. The van der Waals surface area contributed by atoms with Gasteiger partial charge in [0.25, 0.3) is 0 Å². The Morgan fingerprint density at radius 2 is 2.06 bits per heavy atom. The molecule has 2 N–H and O–H groups in total. The highest BCUT2D eigenvalue weighted by molar-refractivity contribution is 5.98. The Labute approximate surface area is 97.2 Å². The molecular formula is C12H12F2N2O. The Bertz CT molecular complexity index is 490. The molecule has 1 aliphatic carbocycles. The van der Waals surface area contributed by atoms with Gasteiger partial charge in [-0.2, -0.15) is 0 Å². The Kier molecular flexibility index (Phi) is 2.28. The average Bonchev–Trinajstić information content (AvgIpc) is 2.66. The molecule has 1 amide bonds. The van der Waals surface area contributed by atoms with Gasteiger partial charge in [-0.1, -0.05) is 6.42 Å². The van der Waals surface area contributed by atoms with Gasteiger partial charge in [0.05, 0.1) is 11.6 Å². The topological polar surface area (TPSA) is 41.1 Å². The summed E-state index contributed by atoms with van der Waals surface area (Å²) in [7, 11) is 0. The summed E-state index contributed by atoms with van der Waals surface area (Å²) in [4.78, 5) is 11.9. The second-order valence-electron chi connectivity index (χ2n) is 4.59. The fourth-order valence-corrected chi connectivity index (χ4v) is 2.68. The van der Waals surface area contributed by atoms with Gasteiger partial charge >= 0.3 is 0 Å². The van der Waals surface area contributed by atoms with Crippen LogP contribution in [-0.2, 0) is 4.79 Å². The summed E-state index contributed by atoms with van der Waals surface area (Å²) in [5.41, 5.74) is 0.399. The summed E-state index contributed by atoms with van der Waals surface area (Å²) >= 11 is 0. The SMILES string of the molecule is O=C1Nc2c(F)cc(F)cc2NC2CCCC12. The first-order valence-electron chi connectivity index (χ1n) is 5.71. The van der Waals surface area contributed by atoms with E-state index >= 15 is 0 Å². The van der Waals surface area contributed by atoms with Crippen molar-refractivity contribution in [3.05, 3.63) is 23.8 Å². The second-order valence-corrected chi connectivity index (χ2v) is 4.59. The van der Waals surface area contributed by atoms with Gasteiger partial charge in [-0.05, 0) is 18.9 Å². The lowest BCUT2D eigenvalue weighted by Gasteiger charge is -2.16. The Balaban J connectivity index is 2.07. The number of amides is 1. The monoisotopic (exact) mass is 238 g/mol. The zero-order valence-corrected chi connectivity index (χ0v) is 9.09. The summed E-state index contributed by atoms with van der Waals surface area (Å²) in [6.45, 7) is 0. The van der Waals surface area contributed by atoms with Crippen molar-refractivity contribution in [2.75, 3.05) is 10.6 Å². The summed E-state index contributed by atoms with van der Waals surface area (Å²) < 4.78 is 26.7. The van der Waals surface area contributed by atoms with Gasteiger partial charge in [0, 0.05) is 12.1 Å². The molecule has 0 bridgehead atoms. The number of rotatable bonds is 0. The van der Waals surface area contributed by atoms with Crippen LogP contribution in [0.15, 0.2) is 12.1 Å². The minimum Gasteiger partial charge on any atom is -0.380 e. The minimum absolute atomic E-state index is 0.0163. The molecule has 0 radical (unpaired) electrons. The van der Waals surface area contributed by atoms with Crippen LogP contribution in [0.5, 0.6) is 0 Å². The van der Waals surface area contributed by atoms with E-state index < -0.39 is 11.6 Å². The Morgan fingerprint density at radius 1 is 1.24 bits per heavy atom. The predicted octanol–water partition coefficient (Wildman–Crippen LogP) is 2.50. The van der Waals surface area contributed by atoms with E-state index in [1.54, 1.807) is 0 Å². The Hall–Kier alpha value is -1.65. The molecule has 2 unspecified atom stereocenters. The number of hydrogen-bond donors (Lipinski definition) is 2. The van der Waals surface area contributed by atoms with Crippen LogP contribution in [0, 0.1) is 17.6 Å². The summed E-state index contributed by atoms with van der Waals surface area (Å²) in [5.74, 6) is -1.70. The standard InChI is InChI=1S/C12H12F2N2O/c13-6-4-8(14)11-10(5-6)15-9-3-1-2-7(9)12(17)16-11/h4-5,7,9,15H,1-3H2,(H,16,17). The van der Waals surface area contributed by atoms with Crippen molar-refractivity contribution < 1.29 is 13.6 Å². The molecule has 3 nitrogen and oxygen atoms in total. The van der Waals surface area contributed by atoms with Gasteiger partial charge in [-0.15, -0.1) is 0 Å². The summed E-state index contributed by atoms with van der Waals surface area (Å²) in [5, 5.41) is 5.62. The molecule has 1 fully saturated rings. The highest BCUT2D eigenvalue weighted by Gasteiger charge is 2.36. The van der Waals surface area contributed by atoms with Crippen LogP contribution < -0.4 is 10.6 Å². The van der Waals surface area contributed by atoms with Crippen LogP contribution in [-0.4, -0.2) is 11.9 Å². The molecule has 1 saturated carbocycles. The zero-order chi connectivity index (χ0) is 12.0. The van der Waals surface area contributed by atoms with Gasteiger partial charge in [0.1, 0.15) is 11.5 Å². The van der Waals surface area contributed by atoms with E-state index in [1.807, 2.05) is 0 Å². The molecular weight excluding hydrogens is 226 g/mol. The fourth-order valence-electron chi connectivity index (χ4n) is 2.68. The molecule has 90 valence electrons. The zero-order valence-electron chi connectivity index (χ0n) is 9.09. The smallest absolute Gasteiger partial charge is 0.229 e. The van der Waals surface area contributed by atoms with Gasteiger partial charge in [-0.3, -0.25) is 4.79 Å². The van der Waals surface area contributed by atoms with Crippen molar-refractivity contribution in [2.45, 2.75) is 25.3 Å². The van der Waals surface area contributed by atoms with Crippen LogP contribution in [0.25, 0.3) is 0 Å². The maximum atomic E-state index is 13.6. The maximum absolute atomic E-state index is 13.6. The fraction of sp³-hybridized carbons (Fsp3) is 0.417. The number of hydrogen-bond acceptors (Lipinski definition) is 2. The van der Waals surface area contributed by atoms with E-state index in [2.05, 4.69) is 10.6 Å². The molecule has 1 heterocycles. The number of fused-ring (bicyclic) bond motifs is 2. The highest BCUT2D eigenvalue weighted by atomic mass is 19.1. The Morgan fingerprint density at radius 3 is 2.88 bits per heavy atom. The quantitative estimate of drug-likeness (QED) is 0.729. The number of benzene rings is 1. The highest BCUT2D eigenvalue weighted by Crippen LogP contribution is 2.37. The molecule has 17 heavy (non-hydrogen) atoms. The van der Waals surface area contributed by atoms with Crippen molar-refractivity contribution in [2.24, 2.45) is 5.92 Å². The maximum Gasteiger partial charge on any atom is 0.229 e. The minimum atomic E-state index is -0.735. The van der Waals surface area contributed by atoms with E-state index in [-0.39, 0.29) is 23.6 Å². The van der Waals surface area contributed by atoms with Gasteiger partial charge in [0.15, 0.2) is 5.82 Å². The van der Waals surface area contributed by atoms with Crippen molar-refractivity contribution in [3.63, 3.8) is 0 Å². The number of anilines is 2. The predicted molar refractivity (Wildman–Crippen MR) is 59.7 cm³/mol. The number of halogens is 2. The lowest BCUT2D eigenvalue weighted by Crippen LogP contribution is -2.30. The van der Waals surface area contributed by atoms with E-state index in [1.165, 1.54) is 6.07 Å². The lowest BCUT2D eigenvalue weighted by atomic mass is 10.0. The van der Waals surface area contributed by atoms with Crippen molar-refractivity contribution >= 4 is 17.3 Å². The van der Waals surface area contributed by atoms with E-state index in [4.69, 9.17) is 0 Å². The van der Waals surface area contributed by atoms with Crippen LogP contribution in [0.4, 0.5) is 20.2 Å². The third kappa shape index (κ3) is 1.66. The van der Waals surface area contributed by atoms with Gasteiger partial charge in [-0.25, -0.2) is 8.78 Å². The van der Waals surface area contributed by atoms with Gasteiger partial charge < -0.3 is 10.6 Å². The van der Waals surface area contributed by atoms with Crippen LogP contribution in [0.3, 0.4) is 0 Å². The number of nitrogens with one attached hydrogen (secondary N) is 2. The first-order chi connectivity index (χ1) is 8.15. The van der Waals surface area contributed by atoms with E-state index in [0.717, 1.165) is 25.3 Å². The van der Waals surface area contributed by atoms with Gasteiger partial charge in [0.2, 0.25) is 5.91 Å². The normalized spacial score (nSPS) is 26.6. The molecule has 1 aromatic rings. The molecule has 5 heteroatoms. The third-order valence-electron chi connectivity index (χ3n) is 3.50.